The molecule has 182 valence electrons. The largest absolute Gasteiger partial charge is 0.419 e. The average Bonchev–Trinajstić information content (AvgIpc) is 3.20. The molecule has 0 fully saturated rings. The van der Waals surface area contributed by atoms with Gasteiger partial charge in [0.05, 0.1) is 24.0 Å². The van der Waals surface area contributed by atoms with Gasteiger partial charge in [-0.15, -0.1) is 0 Å². The van der Waals surface area contributed by atoms with Gasteiger partial charge in [0.1, 0.15) is 17.0 Å². The molecule has 0 radical (unpaired) electrons. The Morgan fingerprint density at radius 2 is 1.74 bits per heavy atom. The van der Waals surface area contributed by atoms with Crippen LogP contribution in [0.3, 0.4) is 0 Å². The van der Waals surface area contributed by atoms with Crippen molar-refractivity contribution in [3.05, 3.63) is 66.1 Å². The maximum Gasteiger partial charge on any atom is 0.419 e. The molecule has 0 amide bonds. The molecule has 6 nitrogen and oxygen atoms in total. The molecule has 0 aliphatic rings. The minimum Gasteiger partial charge on any atom is -0.368 e. The lowest BCUT2D eigenvalue weighted by Crippen LogP contribution is -2.12. The predicted octanol–water partition coefficient (Wildman–Crippen LogP) is 5.51. The number of alkyl halides is 6. The summed E-state index contributed by atoms with van der Waals surface area (Å²) in [4.78, 5) is 23.4. The Morgan fingerprint density at radius 3 is 2.46 bits per heavy atom. The van der Waals surface area contributed by atoms with Crippen LogP contribution in [0.5, 0.6) is 0 Å². The van der Waals surface area contributed by atoms with Crippen molar-refractivity contribution in [2.45, 2.75) is 31.6 Å². The number of pyridine rings is 1. The first-order valence-electron chi connectivity index (χ1n) is 10.3. The molecule has 0 atom stereocenters. The molecule has 0 aliphatic carbocycles. The molecule has 0 unspecified atom stereocenters. The van der Waals surface area contributed by atoms with E-state index >= 15 is 0 Å². The number of rotatable bonds is 6. The number of fused-ring (bicyclic) bond motifs is 1. The Bertz CT molecular complexity index is 1390. The van der Waals surface area contributed by atoms with Gasteiger partial charge in [-0.3, -0.25) is 9.20 Å². The van der Waals surface area contributed by atoms with Crippen LogP contribution in [0.15, 0.2) is 55.0 Å². The Balaban J connectivity index is 1.64. The molecule has 0 bridgehead atoms. The van der Waals surface area contributed by atoms with Crippen LogP contribution in [0, 0.1) is 0 Å². The van der Waals surface area contributed by atoms with Crippen molar-refractivity contribution in [2.75, 3.05) is 5.73 Å². The zero-order valence-corrected chi connectivity index (χ0v) is 17.9. The number of aromatic nitrogens is 4. The monoisotopic (exact) mass is 493 g/mol. The van der Waals surface area contributed by atoms with Gasteiger partial charge in [-0.25, -0.2) is 15.0 Å². The highest BCUT2D eigenvalue weighted by Crippen LogP contribution is 2.36. The van der Waals surface area contributed by atoms with Gasteiger partial charge in [0.15, 0.2) is 0 Å². The fourth-order valence-electron chi connectivity index (χ4n) is 3.60. The minimum absolute atomic E-state index is 0.139. The summed E-state index contributed by atoms with van der Waals surface area (Å²) in [6.45, 7) is 0. The van der Waals surface area contributed by atoms with Gasteiger partial charge >= 0.3 is 12.4 Å². The van der Waals surface area contributed by atoms with E-state index in [4.69, 9.17) is 5.73 Å². The predicted molar refractivity (Wildman–Crippen MR) is 115 cm³/mol. The number of hydrogen-bond acceptors (Lipinski definition) is 5. The van der Waals surface area contributed by atoms with Crippen molar-refractivity contribution < 1.29 is 31.1 Å². The van der Waals surface area contributed by atoms with Crippen molar-refractivity contribution >= 4 is 17.4 Å². The van der Waals surface area contributed by atoms with Gasteiger partial charge in [-0.1, -0.05) is 18.2 Å². The molecule has 1 aromatic carbocycles. The van der Waals surface area contributed by atoms with E-state index in [2.05, 4.69) is 15.0 Å². The Morgan fingerprint density at radius 1 is 0.971 bits per heavy atom. The zero-order valence-electron chi connectivity index (χ0n) is 17.9. The molecule has 4 rings (SSSR count). The molecule has 3 aromatic heterocycles. The van der Waals surface area contributed by atoms with E-state index in [-0.39, 0.29) is 23.6 Å². The number of carbonyl (C=O) groups is 1. The molecule has 0 spiro atoms. The molecule has 2 N–H and O–H groups in total. The number of halogens is 6. The van der Waals surface area contributed by atoms with E-state index in [0.29, 0.717) is 28.7 Å². The summed E-state index contributed by atoms with van der Waals surface area (Å²) in [5.74, 6) is -0.842. The summed E-state index contributed by atoms with van der Waals surface area (Å²) in [6.07, 6.45) is -7.36. The third-order valence-corrected chi connectivity index (χ3v) is 5.21. The lowest BCUT2D eigenvalue weighted by Gasteiger charge is -2.12. The summed E-state index contributed by atoms with van der Waals surface area (Å²) in [6, 6.07) is 9.54. The van der Waals surface area contributed by atoms with Gasteiger partial charge in [-0.2, -0.15) is 26.3 Å². The van der Waals surface area contributed by atoms with Crippen molar-refractivity contribution in [1.29, 1.82) is 0 Å². The highest BCUT2D eigenvalue weighted by Gasteiger charge is 2.35. The van der Waals surface area contributed by atoms with Crippen molar-refractivity contribution in [3.63, 3.8) is 0 Å². The van der Waals surface area contributed by atoms with Gasteiger partial charge in [0, 0.05) is 36.4 Å². The van der Waals surface area contributed by atoms with Crippen LogP contribution in [-0.4, -0.2) is 31.3 Å². The second kappa shape index (κ2) is 9.01. The first-order chi connectivity index (χ1) is 16.4. The van der Waals surface area contributed by atoms with Crippen LogP contribution in [0.2, 0.25) is 0 Å². The highest BCUT2D eigenvalue weighted by molar-refractivity contribution is 5.81. The number of hydrogen-bond donors (Lipinski definition) is 1. The molecule has 0 saturated heterocycles. The van der Waals surface area contributed by atoms with Gasteiger partial charge < -0.3 is 5.73 Å². The second-order valence-corrected chi connectivity index (χ2v) is 7.81. The van der Waals surface area contributed by atoms with E-state index in [9.17, 15) is 31.1 Å². The molecular formula is C23H17F6N5O. The fourth-order valence-corrected chi connectivity index (χ4v) is 3.60. The molecule has 35 heavy (non-hydrogen) atoms. The number of imidazole rings is 1. The quantitative estimate of drug-likeness (QED) is 0.358. The Hall–Kier alpha value is -3.96. The number of Topliss-reactive ketones (excluding diaryl/α,β-unsaturated/α-hetero) is 1. The first-order valence-corrected chi connectivity index (χ1v) is 10.3. The zero-order chi connectivity index (χ0) is 25.4. The summed E-state index contributed by atoms with van der Waals surface area (Å²) in [7, 11) is 0. The minimum atomic E-state index is -4.69. The molecule has 12 heteroatoms. The van der Waals surface area contributed by atoms with E-state index in [1.165, 1.54) is 24.5 Å². The van der Waals surface area contributed by atoms with Crippen molar-refractivity contribution in [1.82, 2.24) is 19.4 Å². The third kappa shape index (κ3) is 5.58. The molecule has 3 heterocycles. The first kappa shape index (κ1) is 24.2. The lowest BCUT2D eigenvalue weighted by atomic mass is 10.0. The fraction of sp³-hybridized carbons (Fsp3) is 0.217. The van der Waals surface area contributed by atoms with Crippen LogP contribution in [0.25, 0.3) is 28.2 Å². The Labute approximate surface area is 194 Å². The number of ketones is 1. The average molecular weight is 493 g/mol. The normalized spacial score (nSPS) is 12.3. The van der Waals surface area contributed by atoms with Gasteiger partial charge in [0.2, 0.25) is 5.95 Å². The number of nitrogen functional groups attached to an aromatic ring is 1. The van der Waals surface area contributed by atoms with Crippen LogP contribution < -0.4 is 5.73 Å². The van der Waals surface area contributed by atoms with Crippen LogP contribution in [-0.2, 0) is 17.4 Å². The second-order valence-electron chi connectivity index (χ2n) is 7.81. The van der Waals surface area contributed by atoms with E-state index in [1.807, 2.05) is 0 Å². The smallest absolute Gasteiger partial charge is 0.368 e. The van der Waals surface area contributed by atoms with E-state index in [0.717, 1.165) is 0 Å². The Kier molecular flexibility index (Phi) is 6.22. The number of nitrogens with zero attached hydrogens (tertiary/aromatic N) is 4. The van der Waals surface area contributed by atoms with Crippen LogP contribution >= 0.6 is 0 Å². The number of carbonyl (C=O) groups excluding carboxylic acids is 1. The van der Waals surface area contributed by atoms with Crippen molar-refractivity contribution in [3.8, 4) is 22.5 Å². The maximum absolute atomic E-state index is 13.4. The van der Waals surface area contributed by atoms with Crippen LogP contribution in [0.1, 0.15) is 24.0 Å². The van der Waals surface area contributed by atoms with Crippen LogP contribution in [0.4, 0.5) is 32.3 Å². The van der Waals surface area contributed by atoms with Gasteiger partial charge in [0.25, 0.3) is 0 Å². The number of anilines is 1. The molecule has 4 aromatic rings. The lowest BCUT2D eigenvalue weighted by molar-refractivity contribution is -0.143. The summed E-state index contributed by atoms with van der Waals surface area (Å²) < 4.78 is 79.0. The maximum atomic E-state index is 13.4. The SMILES string of the molecule is Nc1ncc(C(F)(F)F)c(-c2ccn3c(-c4cccc(CC(=O)CCC(F)(F)F)c4)cnc3c2)n1. The molecule has 0 saturated carbocycles. The van der Waals surface area contributed by atoms with Gasteiger partial charge in [-0.05, 0) is 23.8 Å². The standard InChI is InChI=1S/C23H17F6N5O/c24-22(25,26)6-4-16(35)9-13-2-1-3-14(8-13)18-12-31-19-10-15(5-7-34(18)19)20-17(23(27,28)29)11-32-21(30)33-20/h1-3,5,7-8,10-12H,4,6,9H2,(H2,30,32,33). The summed E-state index contributed by atoms with van der Waals surface area (Å²) in [5.41, 5.74) is 6.30. The van der Waals surface area contributed by atoms with E-state index in [1.54, 1.807) is 28.7 Å². The highest BCUT2D eigenvalue weighted by atomic mass is 19.4. The molecule has 0 aliphatic heterocycles. The summed E-state index contributed by atoms with van der Waals surface area (Å²) >= 11 is 0. The molecular weight excluding hydrogens is 476 g/mol. The number of nitrogens with two attached hydrogens (primary N) is 1. The topological polar surface area (TPSA) is 86.2 Å². The number of benzene rings is 1. The third-order valence-electron chi connectivity index (χ3n) is 5.21. The van der Waals surface area contributed by atoms with E-state index < -0.39 is 36.5 Å². The summed E-state index contributed by atoms with van der Waals surface area (Å²) in [5, 5.41) is 0. The van der Waals surface area contributed by atoms with Crippen molar-refractivity contribution in [2.24, 2.45) is 0 Å².